The molecule has 5 nitrogen and oxygen atoms in total. The van der Waals surface area contributed by atoms with Gasteiger partial charge in [-0.15, -0.1) is 0 Å². The van der Waals surface area contributed by atoms with Gasteiger partial charge < -0.3 is 10.1 Å². The molecule has 142 valence electrons. The van der Waals surface area contributed by atoms with Crippen LogP contribution in [0.4, 0.5) is 0 Å². The van der Waals surface area contributed by atoms with Crippen molar-refractivity contribution < 1.29 is 14.3 Å². The third kappa shape index (κ3) is 3.63. The summed E-state index contributed by atoms with van der Waals surface area (Å²) >= 11 is 0. The van der Waals surface area contributed by atoms with E-state index in [2.05, 4.69) is 12.2 Å². The van der Waals surface area contributed by atoms with Crippen LogP contribution in [0.1, 0.15) is 61.9 Å². The molecule has 0 unspecified atom stereocenters. The number of carbonyl (C=O) groups excluding carboxylic acids is 2. The summed E-state index contributed by atoms with van der Waals surface area (Å²) in [5.74, 6) is 0.421. The van der Waals surface area contributed by atoms with Crippen molar-refractivity contribution in [1.29, 1.82) is 0 Å². The summed E-state index contributed by atoms with van der Waals surface area (Å²) in [6.45, 7) is 7.15. The molecular formula is C21H30N2O3. The van der Waals surface area contributed by atoms with Crippen LogP contribution in [-0.4, -0.2) is 41.6 Å². The Bertz CT molecular complexity index is 648. The molecular weight excluding hydrogens is 328 g/mol. The number of benzene rings is 1. The molecule has 2 fully saturated rings. The lowest BCUT2D eigenvalue weighted by molar-refractivity contribution is -0.127. The van der Waals surface area contributed by atoms with Crippen LogP contribution < -0.4 is 5.32 Å². The molecule has 5 heteroatoms. The summed E-state index contributed by atoms with van der Waals surface area (Å²) in [4.78, 5) is 27.8. The Hall–Kier alpha value is -1.88. The Balaban J connectivity index is 1.90. The number of hydrogen-bond acceptors (Lipinski definition) is 3. The first-order valence-corrected chi connectivity index (χ1v) is 9.79. The average Bonchev–Trinajstić information content (AvgIpc) is 3.01. The van der Waals surface area contributed by atoms with E-state index in [0.717, 1.165) is 37.7 Å². The van der Waals surface area contributed by atoms with Crippen LogP contribution in [0.3, 0.4) is 0 Å². The maximum atomic E-state index is 13.4. The Morgan fingerprint density at radius 2 is 1.88 bits per heavy atom. The van der Waals surface area contributed by atoms with Gasteiger partial charge >= 0.3 is 0 Å². The van der Waals surface area contributed by atoms with E-state index in [0.29, 0.717) is 18.0 Å². The SMILES string of the molecule is CCCNC(=O)[C@H]1COC2(CCC(C)CC2)N1C(=O)c1ccc(C)cc1. The highest BCUT2D eigenvalue weighted by atomic mass is 16.5. The molecule has 2 aliphatic rings. The quantitative estimate of drug-likeness (QED) is 0.899. The van der Waals surface area contributed by atoms with Gasteiger partial charge in [0.15, 0.2) is 0 Å². The number of hydrogen-bond donors (Lipinski definition) is 1. The molecule has 0 aromatic heterocycles. The molecule has 1 aromatic rings. The summed E-state index contributed by atoms with van der Waals surface area (Å²) in [5.41, 5.74) is 1.09. The highest BCUT2D eigenvalue weighted by Crippen LogP contribution is 2.43. The predicted molar refractivity (Wildman–Crippen MR) is 101 cm³/mol. The van der Waals surface area contributed by atoms with Crippen LogP contribution >= 0.6 is 0 Å². The van der Waals surface area contributed by atoms with Crippen molar-refractivity contribution in [3.05, 3.63) is 35.4 Å². The lowest BCUT2D eigenvalue weighted by Crippen LogP contribution is -2.56. The topological polar surface area (TPSA) is 58.6 Å². The Morgan fingerprint density at radius 1 is 1.23 bits per heavy atom. The predicted octanol–water partition coefficient (Wildman–Crippen LogP) is 3.27. The van der Waals surface area contributed by atoms with Gasteiger partial charge in [0.25, 0.3) is 5.91 Å². The van der Waals surface area contributed by atoms with Crippen molar-refractivity contribution in [2.24, 2.45) is 5.92 Å². The second-order valence-electron chi connectivity index (χ2n) is 7.79. The minimum Gasteiger partial charge on any atom is -0.354 e. The van der Waals surface area contributed by atoms with Crippen molar-refractivity contribution in [2.45, 2.75) is 64.6 Å². The van der Waals surface area contributed by atoms with Crippen molar-refractivity contribution in [1.82, 2.24) is 10.2 Å². The Morgan fingerprint density at radius 3 is 2.50 bits per heavy atom. The molecule has 1 atom stereocenters. The van der Waals surface area contributed by atoms with E-state index in [9.17, 15) is 9.59 Å². The van der Waals surface area contributed by atoms with Gasteiger partial charge in [0.2, 0.25) is 5.91 Å². The number of rotatable bonds is 4. The summed E-state index contributed by atoms with van der Waals surface area (Å²) < 4.78 is 6.17. The lowest BCUT2D eigenvalue weighted by Gasteiger charge is -2.43. The number of amides is 2. The number of aryl methyl sites for hydroxylation is 1. The van der Waals surface area contributed by atoms with Crippen molar-refractivity contribution in [3.8, 4) is 0 Å². The third-order valence-corrected chi connectivity index (χ3v) is 5.69. The highest BCUT2D eigenvalue weighted by molar-refractivity contribution is 5.98. The van der Waals surface area contributed by atoms with E-state index in [1.54, 1.807) is 4.90 Å². The van der Waals surface area contributed by atoms with Gasteiger partial charge in [0, 0.05) is 12.1 Å². The van der Waals surface area contributed by atoms with E-state index in [1.807, 2.05) is 38.1 Å². The standard InChI is InChI=1S/C21H30N2O3/c1-4-13-22-19(24)18-14-26-21(11-9-16(3)10-12-21)23(18)20(25)17-7-5-15(2)6-8-17/h5-8,16,18H,4,9-14H2,1-3H3,(H,22,24)/t16?,18-,21?/m1/s1. The zero-order valence-corrected chi connectivity index (χ0v) is 16.1. The summed E-state index contributed by atoms with van der Waals surface area (Å²) in [7, 11) is 0. The molecule has 1 aliphatic heterocycles. The van der Waals surface area contributed by atoms with Crippen LogP contribution in [0.15, 0.2) is 24.3 Å². The number of nitrogens with one attached hydrogen (secondary N) is 1. The average molecular weight is 358 g/mol. The van der Waals surface area contributed by atoms with Crippen molar-refractivity contribution >= 4 is 11.8 Å². The summed E-state index contributed by atoms with van der Waals surface area (Å²) in [6.07, 6.45) is 4.49. The molecule has 1 saturated heterocycles. The zero-order valence-electron chi connectivity index (χ0n) is 16.1. The van der Waals surface area contributed by atoms with Crippen molar-refractivity contribution in [3.63, 3.8) is 0 Å². The first-order valence-electron chi connectivity index (χ1n) is 9.79. The Kier molecular flexibility index (Phi) is 5.66. The normalized spacial score (nSPS) is 28.3. The molecule has 1 N–H and O–H groups in total. The fraction of sp³-hybridized carbons (Fsp3) is 0.619. The van der Waals surface area contributed by atoms with Crippen LogP contribution in [0.5, 0.6) is 0 Å². The van der Waals surface area contributed by atoms with Crippen LogP contribution in [0, 0.1) is 12.8 Å². The van der Waals surface area contributed by atoms with Crippen LogP contribution in [0.2, 0.25) is 0 Å². The lowest BCUT2D eigenvalue weighted by atomic mass is 9.83. The van der Waals surface area contributed by atoms with E-state index in [-0.39, 0.29) is 18.4 Å². The number of nitrogens with zero attached hydrogens (tertiary/aromatic N) is 1. The molecule has 26 heavy (non-hydrogen) atoms. The third-order valence-electron chi connectivity index (χ3n) is 5.69. The van der Waals surface area contributed by atoms with Crippen LogP contribution in [0.25, 0.3) is 0 Å². The minimum atomic E-state index is -0.636. The fourth-order valence-electron chi connectivity index (χ4n) is 3.98. The maximum Gasteiger partial charge on any atom is 0.256 e. The second kappa shape index (κ2) is 7.78. The van der Waals surface area contributed by atoms with Crippen molar-refractivity contribution in [2.75, 3.05) is 13.2 Å². The maximum absolute atomic E-state index is 13.4. The molecule has 0 bridgehead atoms. The molecule has 1 aliphatic carbocycles. The Labute approximate surface area is 156 Å². The first-order chi connectivity index (χ1) is 12.5. The van der Waals surface area contributed by atoms with E-state index in [4.69, 9.17) is 4.74 Å². The highest BCUT2D eigenvalue weighted by Gasteiger charge is 2.53. The molecule has 1 heterocycles. The summed E-state index contributed by atoms with van der Waals surface area (Å²) in [6, 6.07) is 7.01. The van der Waals surface area contributed by atoms with E-state index >= 15 is 0 Å². The monoisotopic (exact) mass is 358 g/mol. The van der Waals surface area contributed by atoms with Crippen LogP contribution in [-0.2, 0) is 9.53 Å². The molecule has 3 rings (SSSR count). The number of carbonyl (C=O) groups is 2. The van der Waals surface area contributed by atoms with Gasteiger partial charge in [0.05, 0.1) is 6.61 Å². The van der Waals surface area contributed by atoms with Gasteiger partial charge in [-0.3, -0.25) is 14.5 Å². The van der Waals surface area contributed by atoms with Gasteiger partial charge in [0.1, 0.15) is 11.8 Å². The molecule has 1 spiro atoms. The van der Waals surface area contributed by atoms with Gasteiger partial charge in [-0.2, -0.15) is 0 Å². The van der Waals surface area contributed by atoms with Gasteiger partial charge in [-0.05, 0) is 57.1 Å². The van der Waals surface area contributed by atoms with E-state index < -0.39 is 11.8 Å². The second-order valence-corrected chi connectivity index (χ2v) is 7.79. The van der Waals surface area contributed by atoms with E-state index in [1.165, 1.54) is 0 Å². The molecule has 2 amide bonds. The zero-order chi connectivity index (χ0) is 18.7. The van der Waals surface area contributed by atoms with Gasteiger partial charge in [-0.1, -0.05) is 31.5 Å². The summed E-state index contributed by atoms with van der Waals surface area (Å²) in [5, 5.41) is 2.94. The minimum absolute atomic E-state index is 0.103. The largest absolute Gasteiger partial charge is 0.354 e. The first kappa shape index (κ1) is 18.9. The molecule has 0 radical (unpaired) electrons. The smallest absolute Gasteiger partial charge is 0.256 e. The number of ether oxygens (including phenoxy) is 1. The molecule has 1 saturated carbocycles. The fourth-order valence-corrected chi connectivity index (χ4v) is 3.98. The van der Waals surface area contributed by atoms with Gasteiger partial charge in [-0.25, -0.2) is 0 Å². The molecule has 1 aromatic carbocycles.